The molecule has 3 heteroatoms. The summed E-state index contributed by atoms with van der Waals surface area (Å²) in [6.45, 7) is 4.03. The van der Waals surface area contributed by atoms with Crippen molar-refractivity contribution in [2.45, 2.75) is 51.6 Å². The van der Waals surface area contributed by atoms with Crippen LogP contribution in [-0.4, -0.2) is 29.5 Å². The molecule has 0 spiro atoms. The van der Waals surface area contributed by atoms with Gasteiger partial charge in [-0.05, 0) is 38.4 Å². The van der Waals surface area contributed by atoms with Gasteiger partial charge in [0.1, 0.15) is 5.82 Å². The van der Waals surface area contributed by atoms with E-state index in [2.05, 4.69) is 41.3 Å². The van der Waals surface area contributed by atoms with Crippen LogP contribution in [-0.2, 0) is 6.54 Å². The van der Waals surface area contributed by atoms with Crippen molar-refractivity contribution in [1.82, 2.24) is 9.88 Å². The second-order valence-electron chi connectivity index (χ2n) is 5.29. The van der Waals surface area contributed by atoms with E-state index in [1.807, 2.05) is 6.20 Å². The average molecular weight is 247 g/mol. The third kappa shape index (κ3) is 3.70. The summed E-state index contributed by atoms with van der Waals surface area (Å²) in [5, 5.41) is 3.23. The van der Waals surface area contributed by atoms with E-state index in [0.717, 1.165) is 24.9 Å². The number of rotatable bonds is 5. The van der Waals surface area contributed by atoms with Crippen LogP contribution in [0.2, 0.25) is 0 Å². The number of aromatic nitrogens is 1. The summed E-state index contributed by atoms with van der Waals surface area (Å²) in [7, 11) is 2.24. The van der Waals surface area contributed by atoms with Crippen LogP contribution in [0.4, 0.5) is 5.82 Å². The zero-order valence-electron chi connectivity index (χ0n) is 11.7. The van der Waals surface area contributed by atoms with Crippen LogP contribution < -0.4 is 5.32 Å². The molecule has 1 fully saturated rings. The highest BCUT2D eigenvalue weighted by atomic mass is 15.1. The summed E-state index contributed by atoms with van der Waals surface area (Å²) in [5.74, 6) is 0.974. The highest BCUT2D eigenvalue weighted by molar-refractivity contribution is 5.35. The minimum absolute atomic E-state index is 0.771. The maximum atomic E-state index is 4.43. The van der Waals surface area contributed by atoms with Crippen molar-refractivity contribution in [1.29, 1.82) is 0 Å². The molecule has 0 radical (unpaired) electrons. The average Bonchev–Trinajstić information content (AvgIpc) is 2.42. The first kappa shape index (κ1) is 13.3. The van der Waals surface area contributed by atoms with E-state index in [1.54, 1.807) is 0 Å². The Labute approximate surface area is 111 Å². The number of hydrogen-bond donors (Lipinski definition) is 1. The Bertz CT molecular complexity index is 341. The van der Waals surface area contributed by atoms with Gasteiger partial charge in [-0.25, -0.2) is 4.98 Å². The molecule has 0 aliphatic heterocycles. The minimum Gasteiger partial charge on any atom is -0.370 e. The summed E-state index contributed by atoms with van der Waals surface area (Å²) in [5.41, 5.74) is 1.31. The Morgan fingerprint density at radius 3 is 2.67 bits per heavy atom. The number of anilines is 1. The molecule has 1 aromatic rings. The summed E-state index contributed by atoms with van der Waals surface area (Å²) < 4.78 is 0. The fourth-order valence-corrected chi connectivity index (χ4v) is 2.74. The molecule has 0 atom stereocenters. The van der Waals surface area contributed by atoms with Gasteiger partial charge in [-0.3, -0.25) is 4.90 Å². The third-order valence-corrected chi connectivity index (χ3v) is 3.81. The molecule has 1 aromatic heterocycles. The molecule has 0 amide bonds. The van der Waals surface area contributed by atoms with Crippen molar-refractivity contribution in [3.8, 4) is 0 Å². The molecular weight excluding hydrogens is 222 g/mol. The zero-order valence-corrected chi connectivity index (χ0v) is 11.7. The predicted molar refractivity (Wildman–Crippen MR) is 76.7 cm³/mol. The summed E-state index contributed by atoms with van der Waals surface area (Å²) in [6.07, 6.45) is 8.93. The van der Waals surface area contributed by atoms with E-state index in [4.69, 9.17) is 0 Å². The van der Waals surface area contributed by atoms with Crippen molar-refractivity contribution >= 4 is 5.82 Å². The summed E-state index contributed by atoms with van der Waals surface area (Å²) in [4.78, 5) is 6.92. The monoisotopic (exact) mass is 247 g/mol. The lowest BCUT2D eigenvalue weighted by Gasteiger charge is -2.31. The maximum absolute atomic E-state index is 4.43. The topological polar surface area (TPSA) is 28.2 Å². The molecule has 1 aliphatic carbocycles. The molecule has 100 valence electrons. The van der Waals surface area contributed by atoms with Crippen molar-refractivity contribution in [2.24, 2.45) is 0 Å². The summed E-state index contributed by atoms with van der Waals surface area (Å²) in [6, 6.07) is 5.03. The Hall–Kier alpha value is -1.09. The smallest absolute Gasteiger partial charge is 0.125 e. The van der Waals surface area contributed by atoms with Gasteiger partial charge >= 0.3 is 0 Å². The Balaban J connectivity index is 1.87. The van der Waals surface area contributed by atoms with E-state index in [9.17, 15) is 0 Å². The first-order valence-corrected chi connectivity index (χ1v) is 7.18. The number of hydrogen-bond acceptors (Lipinski definition) is 3. The molecule has 1 aliphatic rings. The van der Waals surface area contributed by atoms with Gasteiger partial charge in [-0.15, -0.1) is 0 Å². The van der Waals surface area contributed by atoms with Crippen molar-refractivity contribution in [2.75, 3.05) is 18.9 Å². The van der Waals surface area contributed by atoms with Crippen LogP contribution >= 0.6 is 0 Å². The largest absolute Gasteiger partial charge is 0.370 e. The van der Waals surface area contributed by atoms with Gasteiger partial charge < -0.3 is 5.32 Å². The van der Waals surface area contributed by atoms with Gasteiger partial charge in [0.25, 0.3) is 0 Å². The maximum Gasteiger partial charge on any atom is 0.125 e. The van der Waals surface area contributed by atoms with E-state index in [0.29, 0.717) is 0 Å². The van der Waals surface area contributed by atoms with Crippen LogP contribution in [0.1, 0.15) is 44.6 Å². The number of nitrogens with one attached hydrogen (secondary N) is 1. The third-order valence-electron chi connectivity index (χ3n) is 3.81. The van der Waals surface area contributed by atoms with Gasteiger partial charge in [0, 0.05) is 25.3 Å². The lowest BCUT2D eigenvalue weighted by atomic mass is 9.94. The molecule has 0 bridgehead atoms. The molecule has 2 rings (SSSR count). The van der Waals surface area contributed by atoms with Crippen LogP contribution in [0, 0.1) is 0 Å². The van der Waals surface area contributed by atoms with Crippen LogP contribution in [0.25, 0.3) is 0 Å². The summed E-state index contributed by atoms with van der Waals surface area (Å²) >= 11 is 0. The molecule has 18 heavy (non-hydrogen) atoms. The molecule has 0 unspecified atom stereocenters. The standard InChI is InChI=1S/C15H25N3/c1-3-16-15-10-9-13(11-17-15)12-18(2)14-7-5-4-6-8-14/h9-11,14H,3-8,12H2,1-2H3,(H,16,17). The normalized spacial score (nSPS) is 17.1. The van der Waals surface area contributed by atoms with Gasteiger partial charge in [-0.1, -0.05) is 25.3 Å². The van der Waals surface area contributed by atoms with Gasteiger partial charge in [0.05, 0.1) is 0 Å². The van der Waals surface area contributed by atoms with Gasteiger partial charge in [0.15, 0.2) is 0 Å². The second-order valence-corrected chi connectivity index (χ2v) is 5.29. The second kappa shape index (κ2) is 6.74. The quantitative estimate of drug-likeness (QED) is 0.865. The highest BCUT2D eigenvalue weighted by Crippen LogP contribution is 2.22. The van der Waals surface area contributed by atoms with Crippen LogP contribution in [0.5, 0.6) is 0 Å². The molecule has 1 heterocycles. The Morgan fingerprint density at radius 1 is 1.28 bits per heavy atom. The SMILES string of the molecule is CCNc1ccc(CN(C)C2CCCCC2)cn1. The Kier molecular flexibility index (Phi) is 5.00. The number of pyridine rings is 1. The molecule has 1 N–H and O–H groups in total. The highest BCUT2D eigenvalue weighted by Gasteiger charge is 2.17. The number of nitrogens with zero attached hydrogens (tertiary/aromatic N) is 2. The zero-order chi connectivity index (χ0) is 12.8. The fourth-order valence-electron chi connectivity index (χ4n) is 2.74. The van der Waals surface area contributed by atoms with Gasteiger partial charge in [-0.2, -0.15) is 0 Å². The van der Waals surface area contributed by atoms with E-state index >= 15 is 0 Å². The predicted octanol–water partition coefficient (Wildman–Crippen LogP) is 3.28. The lowest BCUT2D eigenvalue weighted by Crippen LogP contribution is -2.32. The van der Waals surface area contributed by atoms with Crippen molar-refractivity contribution < 1.29 is 0 Å². The first-order chi connectivity index (χ1) is 8.79. The van der Waals surface area contributed by atoms with E-state index < -0.39 is 0 Å². The lowest BCUT2D eigenvalue weighted by molar-refractivity contribution is 0.184. The van der Waals surface area contributed by atoms with Crippen LogP contribution in [0.15, 0.2) is 18.3 Å². The van der Waals surface area contributed by atoms with Crippen molar-refractivity contribution in [3.05, 3.63) is 23.9 Å². The molecule has 1 saturated carbocycles. The minimum atomic E-state index is 0.771. The molecule has 0 saturated heterocycles. The van der Waals surface area contributed by atoms with Crippen LogP contribution in [0.3, 0.4) is 0 Å². The van der Waals surface area contributed by atoms with E-state index in [1.165, 1.54) is 37.7 Å². The molecule has 3 nitrogen and oxygen atoms in total. The fraction of sp³-hybridized carbons (Fsp3) is 0.667. The molecule has 0 aromatic carbocycles. The van der Waals surface area contributed by atoms with Crippen molar-refractivity contribution in [3.63, 3.8) is 0 Å². The molecular formula is C15H25N3. The van der Waals surface area contributed by atoms with Gasteiger partial charge in [0.2, 0.25) is 0 Å². The Morgan fingerprint density at radius 2 is 2.06 bits per heavy atom. The van der Waals surface area contributed by atoms with E-state index in [-0.39, 0.29) is 0 Å². The first-order valence-electron chi connectivity index (χ1n) is 7.18.